The molecule has 5 N–H and O–H groups in total. The molecule has 0 aliphatic carbocycles. The summed E-state index contributed by atoms with van der Waals surface area (Å²) < 4.78 is 5.17. The number of benzene rings is 1. The van der Waals surface area contributed by atoms with Crippen molar-refractivity contribution in [2.45, 2.75) is 20.4 Å². The molecule has 0 aliphatic rings. The number of amides is 1. The summed E-state index contributed by atoms with van der Waals surface area (Å²) in [5, 5.41) is 25.9. The first kappa shape index (κ1) is 24.0. The molecule has 7 nitrogen and oxygen atoms in total. The summed E-state index contributed by atoms with van der Waals surface area (Å²) >= 11 is 11.9. The summed E-state index contributed by atoms with van der Waals surface area (Å²) in [5.41, 5.74) is 1.67. The summed E-state index contributed by atoms with van der Waals surface area (Å²) in [7, 11) is 0. The minimum Gasteiger partial charge on any atom is -0.394 e. The van der Waals surface area contributed by atoms with Crippen LogP contribution in [-0.4, -0.2) is 43.6 Å². The van der Waals surface area contributed by atoms with E-state index in [0.29, 0.717) is 41.1 Å². The van der Waals surface area contributed by atoms with Gasteiger partial charge in [0.2, 0.25) is 0 Å². The number of aliphatic hydroxyl groups is 1. The van der Waals surface area contributed by atoms with Crippen LogP contribution < -0.4 is 16.0 Å². The predicted molar refractivity (Wildman–Crippen MR) is 113 cm³/mol. The number of nitrogens with one attached hydrogen (secondary N) is 4. The van der Waals surface area contributed by atoms with Crippen molar-refractivity contribution in [2.24, 2.45) is 0 Å². The third-order valence-electron chi connectivity index (χ3n) is 3.63. The number of ether oxygens (including phenoxy) is 1. The summed E-state index contributed by atoms with van der Waals surface area (Å²) in [5.74, 6) is 0.141. The van der Waals surface area contributed by atoms with Crippen LogP contribution in [0.1, 0.15) is 19.4 Å². The fourth-order valence-corrected chi connectivity index (χ4v) is 2.46. The average Bonchev–Trinajstić information content (AvgIpc) is 2.69. The molecule has 1 aromatic rings. The summed E-state index contributed by atoms with van der Waals surface area (Å²) in [6, 6.07) is 5.31. The molecular formula is C19H26Cl2N4O3. The Morgan fingerprint density at radius 1 is 1.25 bits per heavy atom. The van der Waals surface area contributed by atoms with Crippen molar-refractivity contribution < 1.29 is 14.6 Å². The first-order chi connectivity index (χ1) is 13.4. The lowest BCUT2D eigenvalue weighted by atomic mass is 10.2. The van der Waals surface area contributed by atoms with Gasteiger partial charge < -0.3 is 31.2 Å². The zero-order valence-electron chi connectivity index (χ0n) is 15.9. The van der Waals surface area contributed by atoms with Crippen LogP contribution in [0.15, 0.2) is 41.4 Å². The van der Waals surface area contributed by atoms with Gasteiger partial charge in [0.1, 0.15) is 11.5 Å². The number of rotatable bonds is 12. The minimum absolute atomic E-state index is 0.0577. The molecule has 28 heavy (non-hydrogen) atoms. The van der Waals surface area contributed by atoms with Gasteiger partial charge in [0, 0.05) is 19.3 Å². The van der Waals surface area contributed by atoms with Gasteiger partial charge in [-0.15, -0.1) is 0 Å². The van der Waals surface area contributed by atoms with Crippen molar-refractivity contribution in [2.75, 3.05) is 26.4 Å². The standard InChI is InChI=1S/C19H26Cl2N4O3/c1-3-17(24-12-14-4-5-15(20)16(21)10-14)25-19(27)18(13(2)11-22)23-6-8-28-9-7-26/h3-5,10-11,22-24,26H,6-9,12H2,1-2H3,(H,25,27)/b17-3+,18-13-,22-11?. The minimum atomic E-state index is -0.377. The SMILES string of the molecule is C/C=C(\NCc1ccc(Cl)c(Cl)c1)NC(=O)/C(NCCOCCO)=C(\C)C=N. The molecule has 0 radical (unpaired) electrons. The molecule has 0 heterocycles. The first-order valence-electron chi connectivity index (χ1n) is 8.72. The maximum atomic E-state index is 12.6. The molecule has 0 unspecified atom stereocenters. The molecule has 0 spiro atoms. The van der Waals surface area contributed by atoms with Crippen LogP contribution in [-0.2, 0) is 16.1 Å². The highest BCUT2D eigenvalue weighted by Crippen LogP contribution is 2.22. The fourth-order valence-electron chi connectivity index (χ4n) is 2.14. The van der Waals surface area contributed by atoms with E-state index in [-0.39, 0.29) is 24.8 Å². The second kappa shape index (κ2) is 13.2. The monoisotopic (exact) mass is 428 g/mol. The van der Waals surface area contributed by atoms with Crippen molar-refractivity contribution in [1.82, 2.24) is 16.0 Å². The molecule has 0 aliphatic heterocycles. The van der Waals surface area contributed by atoms with E-state index in [1.165, 1.54) is 0 Å². The van der Waals surface area contributed by atoms with E-state index < -0.39 is 0 Å². The predicted octanol–water partition coefficient (Wildman–Crippen LogP) is 2.58. The smallest absolute Gasteiger partial charge is 0.273 e. The Morgan fingerprint density at radius 3 is 2.61 bits per heavy atom. The summed E-state index contributed by atoms with van der Waals surface area (Å²) in [6.07, 6.45) is 2.84. The number of carbonyl (C=O) groups is 1. The van der Waals surface area contributed by atoms with Crippen LogP contribution in [0.25, 0.3) is 0 Å². The van der Waals surface area contributed by atoms with E-state index in [1.807, 2.05) is 6.07 Å². The van der Waals surface area contributed by atoms with Gasteiger partial charge in [-0.1, -0.05) is 29.3 Å². The van der Waals surface area contributed by atoms with Crippen LogP contribution in [0.4, 0.5) is 0 Å². The van der Waals surface area contributed by atoms with Gasteiger partial charge in [0.15, 0.2) is 0 Å². The molecule has 1 rings (SSSR count). The Kier molecular flexibility index (Phi) is 11.3. The molecular weight excluding hydrogens is 403 g/mol. The van der Waals surface area contributed by atoms with Gasteiger partial charge in [0.25, 0.3) is 5.91 Å². The largest absolute Gasteiger partial charge is 0.394 e. The zero-order valence-corrected chi connectivity index (χ0v) is 17.5. The van der Waals surface area contributed by atoms with Crippen molar-refractivity contribution in [3.63, 3.8) is 0 Å². The third-order valence-corrected chi connectivity index (χ3v) is 4.36. The number of carbonyl (C=O) groups excluding carboxylic acids is 1. The first-order valence-corrected chi connectivity index (χ1v) is 9.47. The molecule has 154 valence electrons. The number of hydrogen-bond acceptors (Lipinski definition) is 6. The van der Waals surface area contributed by atoms with Gasteiger partial charge in [-0.3, -0.25) is 4.79 Å². The second-order valence-corrected chi connectivity index (χ2v) is 6.54. The van der Waals surface area contributed by atoms with E-state index >= 15 is 0 Å². The number of aliphatic hydroxyl groups excluding tert-OH is 1. The molecule has 1 aromatic carbocycles. The molecule has 0 bridgehead atoms. The van der Waals surface area contributed by atoms with Crippen molar-refractivity contribution in [3.05, 3.63) is 57.0 Å². The molecule has 1 amide bonds. The number of halogens is 2. The Labute approximate surface area is 175 Å². The van der Waals surface area contributed by atoms with Crippen molar-refractivity contribution in [3.8, 4) is 0 Å². The Morgan fingerprint density at radius 2 is 2.00 bits per heavy atom. The quantitative estimate of drug-likeness (QED) is 0.200. The molecule has 9 heteroatoms. The Bertz CT molecular complexity index is 736. The van der Waals surface area contributed by atoms with Crippen LogP contribution >= 0.6 is 23.2 Å². The number of hydrogen-bond donors (Lipinski definition) is 5. The fraction of sp³-hybridized carbons (Fsp3) is 0.368. The molecule has 0 saturated carbocycles. The lowest BCUT2D eigenvalue weighted by molar-refractivity contribution is -0.117. The Balaban J connectivity index is 2.67. The van der Waals surface area contributed by atoms with Crippen LogP contribution in [0, 0.1) is 5.41 Å². The van der Waals surface area contributed by atoms with Crippen molar-refractivity contribution >= 4 is 35.3 Å². The van der Waals surface area contributed by atoms with E-state index in [1.54, 1.807) is 32.1 Å². The maximum Gasteiger partial charge on any atom is 0.273 e. The van der Waals surface area contributed by atoms with Crippen LogP contribution in [0.3, 0.4) is 0 Å². The normalized spacial score (nSPS) is 12.2. The average molecular weight is 429 g/mol. The topological polar surface area (TPSA) is 106 Å². The third kappa shape index (κ3) is 8.31. The van der Waals surface area contributed by atoms with E-state index in [0.717, 1.165) is 11.8 Å². The lowest BCUT2D eigenvalue weighted by Crippen LogP contribution is -2.37. The zero-order chi connectivity index (χ0) is 20.9. The van der Waals surface area contributed by atoms with E-state index in [9.17, 15) is 4.79 Å². The van der Waals surface area contributed by atoms with Gasteiger partial charge in [-0.25, -0.2) is 0 Å². The molecule has 0 aromatic heterocycles. The highest BCUT2D eigenvalue weighted by atomic mass is 35.5. The van der Waals surface area contributed by atoms with E-state index in [4.69, 9.17) is 38.5 Å². The highest BCUT2D eigenvalue weighted by Gasteiger charge is 2.13. The molecule has 0 atom stereocenters. The van der Waals surface area contributed by atoms with Gasteiger partial charge in [0.05, 0.1) is 29.9 Å². The number of allylic oxidation sites excluding steroid dienone is 2. The summed E-state index contributed by atoms with van der Waals surface area (Å²) in [4.78, 5) is 12.6. The Hall–Kier alpha value is -2.06. The van der Waals surface area contributed by atoms with E-state index in [2.05, 4.69) is 16.0 Å². The molecule has 0 fully saturated rings. The molecule has 0 saturated heterocycles. The van der Waals surface area contributed by atoms with Gasteiger partial charge >= 0.3 is 0 Å². The van der Waals surface area contributed by atoms with Crippen LogP contribution in [0.5, 0.6) is 0 Å². The van der Waals surface area contributed by atoms with Gasteiger partial charge in [-0.2, -0.15) is 0 Å². The van der Waals surface area contributed by atoms with Gasteiger partial charge in [-0.05, 0) is 43.2 Å². The highest BCUT2D eigenvalue weighted by molar-refractivity contribution is 6.42. The lowest BCUT2D eigenvalue weighted by Gasteiger charge is -2.16. The second-order valence-electron chi connectivity index (χ2n) is 5.72. The van der Waals surface area contributed by atoms with Crippen molar-refractivity contribution in [1.29, 1.82) is 5.41 Å². The van der Waals surface area contributed by atoms with Crippen LogP contribution in [0.2, 0.25) is 10.0 Å². The maximum absolute atomic E-state index is 12.6. The summed E-state index contributed by atoms with van der Waals surface area (Å²) in [6.45, 7) is 4.78.